The van der Waals surface area contributed by atoms with Gasteiger partial charge in [0, 0.05) is 11.6 Å². The van der Waals surface area contributed by atoms with Crippen molar-refractivity contribution in [1.29, 1.82) is 0 Å². The largest absolute Gasteiger partial charge is 0.411 e. The quantitative estimate of drug-likeness (QED) is 0.788. The first-order valence-corrected chi connectivity index (χ1v) is 11.0. The number of nitrogens with one attached hydrogen (secondary N) is 1. The van der Waals surface area contributed by atoms with Crippen LogP contribution in [0.1, 0.15) is 37.7 Å². The van der Waals surface area contributed by atoms with Gasteiger partial charge in [0.1, 0.15) is 0 Å². The molecule has 27 heavy (non-hydrogen) atoms. The molecule has 6 heteroatoms. The number of carbonyl (C=O) groups is 1. The van der Waals surface area contributed by atoms with E-state index in [1.165, 1.54) is 43.9 Å². The molecule has 0 radical (unpaired) electrons. The van der Waals surface area contributed by atoms with Gasteiger partial charge in [-0.2, -0.15) is 0 Å². The number of benzene rings is 1. The van der Waals surface area contributed by atoms with Crippen LogP contribution in [-0.4, -0.2) is 27.9 Å². The van der Waals surface area contributed by atoms with E-state index in [0.717, 1.165) is 23.0 Å². The molecule has 142 valence electrons. The standard InChI is InChI=1S/C21H25N3O2S/c1-12-4-2-3-5-17(12)20-23-24-21(26-20)27-11-18(25)22-19-15-7-13-6-14(9-15)10-16(19)8-13/h2-5,13-16,19H,6-11H2,1H3,(H,22,25). The van der Waals surface area contributed by atoms with E-state index in [9.17, 15) is 4.79 Å². The summed E-state index contributed by atoms with van der Waals surface area (Å²) in [5.74, 6) is 4.18. The van der Waals surface area contributed by atoms with E-state index in [1.807, 2.05) is 31.2 Å². The number of rotatable bonds is 5. The molecular weight excluding hydrogens is 358 g/mol. The summed E-state index contributed by atoms with van der Waals surface area (Å²) in [6.07, 6.45) is 6.69. The van der Waals surface area contributed by atoms with Crippen molar-refractivity contribution in [2.75, 3.05) is 5.75 Å². The number of hydrogen-bond acceptors (Lipinski definition) is 5. The number of carbonyl (C=O) groups excluding carboxylic acids is 1. The molecule has 0 aliphatic heterocycles. The molecule has 2 aromatic rings. The van der Waals surface area contributed by atoms with Crippen LogP contribution in [0.3, 0.4) is 0 Å². The Bertz CT molecular complexity index is 821. The van der Waals surface area contributed by atoms with Crippen LogP contribution in [0.2, 0.25) is 0 Å². The van der Waals surface area contributed by atoms with Gasteiger partial charge in [0.25, 0.3) is 5.22 Å². The lowest BCUT2D eigenvalue weighted by atomic mass is 9.54. The van der Waals surface area contributed by atoms with Gasteiger partial charge >= 0.3 is 0 Å². The van der Waals surface area contributed by atoms with Crippen molar-refractivity contribution in [1.82, 2.24) is 15.5 Å². The van der Waals surface area contributed by atoms with Crippen LogP contribution in [-0.2, 0) is 4.79 Å². The minimum absolute atomic E-state index is 0.0908. The van der Waals surface area contributed by atoms with Gasteiger partial charge < -0.3 is 9.73 Å². The van der Waals surface area contributed by atoms with E-state index in [-0.39, 0.29) is 5.91 Å². The molecule has 4 saturated carbocycles. The molecular formula is C21H25N3O2S. The zero-order valence-electron chi connectivity index (χ0n) is 15.6. The average molecular weight is 384 g/mol. The van der Waals surface area contributed by atoms with Gasteiger partial charge in [-0.3, -0.25) is 4.79 Å². The van der Waals surface area contributed by atoms with Crippen molar-refractivity contribution in [2.24, 2.45) is 23.7 Å². The van der Waals surface area contributed by atoms with Gasteiger partial charge in [0.2, 0.25) is 11.8 Å². The lowest BCUT2D eigenvalue weighted by Crippen LogP contribution is -2.56. The van der Waals surface area contributed by atoms with Crippen LogP contribution in [0.4, 0.5) is 0 Å². The van der Waals surface area contributed by atoms with E-state index in [1.54, 1.807) is 0 Å². The second-order valence-corrected chi connectivity index (χ2v) is 9.43. The van der Waals surface area contributed by atoms with E-state index < -0.39 is 0 Å². The fourth-order valence-corrected chi connectivity index (χ4v) is 6.28. The maximum atomic E-state index is 12.5. The number of hydrogen-bond donors (Lipinski definition) is 1. The number of aromatic nitrogens is 2. The maximum absolute atomic E-state index is 12.5. The minimum Gasteiger partial charge on any atom is -0.411 e. The summed E-state index contributed by atoms with van der Waals surface area (Å²) in [7, 11) is 0. The Balaban J connectivity index is 1.18. The van der Waals surface area contributed by atoms with Gasteiger partial charge in [-0.05, 0) is 74.3 Å². The zero-order valence-corrected chi connectivity index (χ0v) is 16.4. The van der Waals surface area contributed by atoms with E-state index in [4.69, 9.17) is 4.42 Å². The molecule has 0 unspecified atom stereocenters. The highest BCUT2D eigenvalue weighted by Gasteiger charge is 2.48. The summed E-state index contributed by atoms with van der Waals surface area (Å²) in [6, 6.07) is 8.31. The monoisotopic (exact) mass is 383 g/mol. The Morgan fingerprint density at radius 2 is 1.81 bits per heavy atom. The normalized spacial score (nSPS) is 31.2. The molecule has 0 saturated heterocycles. The van der Waals surface area contributed by atoms with E-state index in [0.29, 0.717) is 34.7 Å². The molecule has 4 aliphatic rings. The number of amides is 1. The van der Waals surface area contributed by atoms with Gasteiger partial charge in [-0.1, -0.05) is 30.0 Å². The summed E-state index contributed by atoms with van der Waals surface area (Å²) in [5.41, 5.74) is 2.03. The van der Waals surface area contributed by atoms with Crippen molar-refractivity contribution in [3.8, 4) is 11.5 Å². The first-order chi connectivity index (χ1) is 13.2. The first-order valence-electron chi connectivity index (χ1n) is 9.97. The Labute approximate surface area is 163 Å². The topological polar surface area (TPSA) is 68.0 Å². The molecule has 6 rings (SSSR count). The fraction of sp³-hybridized carbons (Fsp3) is 0.571. The Morgan fingerprint density at radius 1 is 1.11 bits per heavy atom. The third kappa shape index (κ3) is 3.40. The molecule has 5 nitrogen and oxygen atoms in total. The van der Waals surface area contributed by atoms with Crippen LogP contribution in [0.25, 0.3) is 11.5 Å². The molecule has 1 aromatic heterocycles. The fourth-order valence-electron chi connectivity index (χ4n) is 5.71. The predicted octanol–water partition coefficient (Wildman–Crippen LogP) is 4.08. The van der Waals surface area contributed by atoms with Crippen LogP contribution in [0.5, 0.6) is 0 Å². The van der Waals surface area contributed by atoms with Crippen molar-refractivity contribution in [3.05, 3.63) is 29.8 Å². The van der Waals surface area contributed by atoms with Crippen molar-refractivity contribution >= 4 is 17.7 Å². The Hall–Kier alpha value is -1.82. The molecule has 1 aromatic carbocycles. The second-order valence-electron chi connectivity index (χ2n) is 8.50. The minimum atomic E-state index is 0.0908. The summed E-state index contributed by atoms with van der Waals surface area (Å²) in [5, 5.41) is 12.0. The number of nitrogens with zero attached hydrogens (tertiary/aromatic N) is 2. The first kappa shape index (κ1) is 17.3. The smallest absolute Gasteiger partial charge is 0.277 e. The Morgan fingerprint density at radius 3 is 2.52 bits per heavy atom. The van der Waals surface area contributed by atoms with Gasteiger partial charge in [-0.15, -0.1) is 10.2 Å². The molecule has 0 spiro atoms. The van der Waals surface area contributed by atoms with Crippen LogP contribution < -0.4 is 5.32 Å². The third-order valence-corrected chi connectivity index (χ3v) is 7.48. The highest BCUT2D eigenvalue weighted by atomic mass is 32.2. The SMILES string of the molecule is Cc1ccccc1-c1nnc(SCC(=O)NC2C3CC4CC(C3)CC2C4)o1. The molecule has 4 aliphatic carbocycles. The van der Waals surface area contributed by atoms with Crippen molar-refractivity contribution in [3.63, 3.8) is 0 Å². The van der Waals surface area contributed by atoms with E-state index in [2.05, 4.69) is 15.5 Å². The predicted molar refractivity (Wildman–Crippen MR) is 104 cm³/mol. The van der Waals surface area contributed by atoms with Crippen LogP contribution >= 0.6 is 11.8 Å². The van der Waals surface area contributed by atoms with Gasteiger partial charge in [0.05, 0.1) is 5.75 Å². The van der Waals surface area contributed by atoms with Crippen LogP contribution in [0, 0.1) is 30.6 Å². The molecule has 4 fully saturated rings. The summed E-state index contributed by atoms with van der Waals surface area (Å²) < 4.78 is 5.75. The highest BCUT2D eigenvalue weighted by Crippen LogP contribution is 2.53. The zero-order chi connectivity index (χ0) is 18.4. The molecule has 1 amide bonds. The third-order valence-electron chi connectivity index (χ3n) is 6.66. The maximum Gasteiger partial charge on any atom is 0.277 e. The molecule has 1 N–H and O–H groups in total. The molecule has 4 bridgehead atoms. The highest BCUT2D eigenvalue weighted by molar-refractivity contribution is 7.99. The van der Waals surface area contributed by atoms with Gasteiger partial charge in [-0.25, -0.2) is 0 Å². The Kier molecular flexibility index (Phi) is 4.46. The lowest BCUT2D eigenvalue weighted by Gasteiger charge is -2.54. The van der Waals surface area contributed by atoms with Gasteiger partial charge in [0.15, 0.2) is 0 Å². The molecule has 0 atom stereocenters. The van der Waals surface area contributed by atoms with Crippen molar-refractivity contribution in [2.45, 2.75) is 50.3 Å². The summed E-state index contributed by atoms with van der Waals surface area (Å²) >= 11 is 1.32. The number of thioether (sulfide) groups is 1. The summed E-state index contributed by atoms with van der Waals surface area (Å²) in [6.45, 7) is 2.02. The summed E-state index contributed by atoms with van der Waals surface area (Å²) in [4.78, 5) is 12.5. The van der Waals surface area contributed by atoms with E-state index >= 15 is 0 Å². The number of aryl methyl sites for hydroxylation is 1. The lowest BCUT2D eigenvalue weighted by molar-refractivity contribution is -0.122. The van der Waals surface area contributed by atoms with Crippen LogP contribution in [0.15, 0.2) is 33.9 Å². The second kappa shape index (κ2) is 6.97. The molecule has 1 heterocycles. The average Bonchev–Trinajstić information content (AvgIpc) is 3.11. The van der Waals surface area contributed by atoms with Crippen molar-refractivity contribution < 1.29 is 9.21 Å².